The van der Waals surface area contributed by atoms with E-state index in [1.165, 1.54) is 16.4 Å². The SMILES string of the molecule is COc1ccc2[nH]c(=O)c(CN(CC3CCCO3)S(=O)(=O)c3ccccc3Cl)cc2c1. The van der Waals surface area contributed by atoms with Crippen LogP contribution in [0.1, 0.15) is 18.4 Å². The van der Waals surface area contributed by atoms with Crippen molar-refractivity contribution in [3.05, 3.63) is 69.5 Å². The van der Waals surface area contributed by atoms with Crippen LogP contribution in [-0.2, 0) is 21.3 Å². The van der Waals surface area contributed by atoms with Crippen LogP contribution >= 0.6 is 11.6 Å². The van der Waals surface area contributed by atoms with Gasteiger partial charge in [-0.05, 0) is 49.2 Å². The Morgan fingerprint density at radius 1 is 1.23 bits per heavy atom. The lowest BCUT2D eigenvalue weighted by molar-refractivity contribution is 0.0925. The number of rotatable bonds is 7. The van der Waals surface area contributed by atoms with Gasteiger partial charge in [0.15, 0.2) is 0 Å². The lowest BCUT2D eigenvalue weighted by Gasteiger charge is -2.25. The zero-order valence-corrected chi connectivity index (χ0v) is 18.6. The summed E-state index contributed by atoms with van der Waals surface area (Å²) < 4.78 is 39.2. The Bertz CT molecular complexity index is 1250. The molecule has 1 unspecified atom stereocenters. The van der Waals surface area contributed by atoms with Crippen LogP contribution in [0.15, 0.2) is 58.2 Å². The van der Waals surface area contributed by atoms with Crippen LogP contribution in [0.25, 0.3) is 10.9 Å². The molecule has 0 aliphatic carbocycles. The number of nitrogens with one attached hydrogen (secondary N) is 1. The quantitative estimate of drug-likeness (QED) is 0.580. The number of nitrogens with zero attached hydrogens (tertiary/aromatic N) is 1. The number of halogens is 1. The van der Waals surface area contributed by atoms with Crippen molar-refractivity contribution in [2.24, 2.45) is 0 Å². The van der Waals surface area contributed by atoms with E-state index in [0.29, 0.717) is 23.4 Å². The Morgan fingerprint density at radius 3 is 2.74 bits per heavy atom. The maximum Gasteiger partial charge on any atom is 0.252 e. The van der Waals surface area contributed by atoms with Crippen molar-refractivity contribution in [3.8, 4) is 5.75 Å². The molecule has 7 nitrogen and oxygen atoms in total. The molecule has 1 saturated heterocycles. The first-order valence-corrected chi connectivity index (χ1v) is 11.8. The molecule has 4 rings (SSSR count). The third-order valence-corrected chi connectivity index (χ3v) is 7.67. The summed E-state index contributed by atoms with van der Waals surface area (Å²) in [6, 6.07) is 13.3. The van der Waals surface area contributed by atoms with Crippen LogP contribution in [-0.4, -0.2) is 44.1 Å². The van der Waals surface area contributed by atoms with Gasteiger partial charge in [0.05, 0.1) is 18.2 Å². The van der Waals surface area contributed by atoms with Gasteiger partial charge < -0.3 is 14.5 Å². The molecule has 0 saturated carbocycles. The number of methoxy groups -OCH3 is 1. The van der Waals surface area contributed by atoms with E-state index >= 15 is 0 Å². The second-order valence-electron chi connectivity index (χ2n) is 7.44. The summed E-state index contributed by atoms with van der Waals surface area (Å²) in [4.78, 5) is 15.6. The van der Waals surface area contributed by atoms with Crippen LogP contribution in [0.3, 0.4) is 0 Å². The molecule has 0 spiro atoms. The molecule has 3 aromatic rings. The highest BCUT2D eigenvalue weighted by Crippen LogP contribution is 2.27. The molecule has 2 aromatic carbocycles. The Morgan fingerprint density at radius 2 is 2.03 bits per heavy atom. The molecule has 0 amide bonds. The Labute approximate surface area is 185 Å². The molecule has 9 heteroatoms. The second kappa shape index (κ2) is 9.00. The highest BCUT2D eigenvalue weighted by atomic mass is 35.5. The van der Waals surface area contributed by atoms with Crippen molar-refractivity contribution in [2.75, 3.05) is 20.3 Å². The number of hydrogen-bond donors (Lipinski definition) is 1. The average molecular weight is 463 g/mol. The largest absolute Gasteiger partial charge is 0.497 e. The van der Waals surface area contributed by atoms with Gasteiger partial charge in [-0.2, -0.15) is 4.31 Å². The predicted molar refractivity (Wildman–Crippen MR) is 119 cm³/mol. The normalized spacial score (nSPS) is 16.8. The Hall–Kier alpha value is -2.39. The third kappa shape index (κ3) is 4.62. The van der Waals surface area contributed by atoms with Crippen LogP contribution in [0.2, 0.25) is 5.02 Å². The van der Waals surface area contributed by atoms with Gasteiger partial charge in [0.1, 0.15) is 10.6 Å². The van der Waals surface area contributed by atoms with E-state index in [9.17, 15) is 13.2 Å². The van der Waals surface area contributed by atoms with E-state index in [1.807, 2.05) is 0 Å². The summed E-state index contributed by atoms with van der Waals surface area (Å²) in [5.74, 6) is 0.644. The number of aromatic amines is 1. The van der Waals surface area contributed by atoms with Crippen molar-refractivity contribution >= 4 is 32.5 Å². The fraction of sp³-hybridized carbons (Fsp3) is 0.318. The summed E-state index contributed by atoms with van der Waals surface area (Å²) in [6.07, 6.45) is 1.41. The molecule has 0 bridgehead atoms. The summed E-state index contributed by atoms with van der Waals surface area (Å²) in [5, 5.41) is 0.887. The molecule has 164 valence electrons. The topological polar surface area (TPSA) is 88.7 Å². The van der Waals surface area contributed by atoms with Crippen molar-refractivity contribution in [1.29, 1.82) is 0 Å². The molecule has 1 aliphatic rings. The van der Waals surface area contributed by atoms with Crippen LogP contribution in [0.4, 0.5) is 0 Å². The van der Waals surface area contributed by atoms with Crippen molar-refractivity contribution in [3.63, 3.8) is 0 Å². The smallest absolute Gasteiger partial charge is 0.252 e. The van der Waals surface area contributed by atoms with Gasteiger partial charge in [-0.25, -0.2) is 8.42 Å². The van der Waals surface area contributed by atoms with Crippen molar-refractivity contribution in [2.45, 2.75) is 30.4 Å². The molecule has 1 fully saturated rings. The maximum atomic E-state index is 13.5. The number of pyridine rings is 1. The van der Waals surface area contributed by atoms with E-state index < -0.39 is 10.0 Å². The van der Waals surface area contributed by atoms with Crippen molar-refractivity contribution in [1.82, 2.24) is 9.29 Å². The van der Waals surface area contributed by atoms with Crippen LogP contribution < -0.4 is 10.3 Å². The van der Waals surface area contributed by atoms with E-state index in [0.717, 1.165) is 18.2 Å². The van der Waals surface area contributed by atoms with Gasteiger partial charge in [0.25, 0.3) is 5.56 Å². The molecule has 1 aliphatic heterocycles. The van der Waals surface area contributed by atoms with Gasteiger partial charge >= 0.3 is 0 Å². The first-order chi connectivity index (χ1) is 14.9. The number of sulfonamides is 1. The molecule has 2 heterocycles. The highest BCUT2D eigenvalue weighted by Gasteiger charge is 2.31. The number of benzene rings is 2. The van der Waals surface area contributed by atoms with E-state index in [-0.39, 0.29) is 34.7 Å². The standard InChI is InChI=1S/C22H23ClN2O5S/c1-29-17-8-9-20-15(12-17)11-16(22(26)24-20)13-25(14-18-5-4-10-30-18)31(27,28)21-7-3-2-6-19(21)23/h2-3,6-9,11-12,18H,4-5,10,13-14H2,1H3,(H,24,26). The molecule has 0 radical (unpaired) electrons. The molecule has 31 heavy (non-hydrogen) atoms. The Balaban J connectivity index is 1.75. The predicted octanol–water partition coefficient (Wildman–Crippen LogP) is 3.56. The summed E-state index contributed by atoms with van der Waals surface area (Å²) in [6.45, 7) is 0.639. The van der Waals surface area contributed by atoms with Crippen molar-refractivity contribution < 1.29 is 17.9 Å². The van der Waals surface area contributed by atoms with Gasteiger partial charge in [0, 0.05) is 36.2 Å². The fourth-order valence-electron chi connectivity index (χ4n) is 3.72. The fourth-order valence-corrected chi connectivity index (χ4v) is 5.66. The van der Waals surface area contributed by atoms with Gasteiger partial charge in [0.2, 0.25) is 10.0 Å². The summed E-state index contributed by atoms with van der Waals surface area (Å²) in [5.41, 5.74) is 0.632. The zero-order valence-electron chi connectivity index (χ0n) is 17.0. The lowest BCUT2D eigenvalue weighted by atomic mass is 10.1. The summed E-state index contributed by atoms with van der Waals surface area (Å²) in [7, 11) is -2.39. The second-order valence-corrected chi connectivity index (χ2v) is 9.75. The monoisotopic (exact) mass is 462 g/mol. The van der Waals surface area contributed by atoms with Crippen LogP contribution in [0, 0.1) is 0 Å². The first-order valence-electron chi connectivity index (χ1n) is 9.95. The van der Waals surface area contributed by atoms with E-state index in [1.54, 1.807) is 43.5 Å². The van der Waals surface area contributed by atoms with Gasteiger partial charge in [-0.15, -0.1) is 0 Å². The minimum Gasteiger partial charge on any atom is -0.497 e. The molecule has 1 atom stereocenters. The van der Waals surface area contributed by atoms with Gasteiger partial charge in [-0.1, -0.05) is 23.7 Å². The zero-order chi connectivity index (χ0) is 22.0. The summed E-state index contributed by atoms with van der Waals surface area (Å²) >= 11 is 6.20. The maximum absolute atomic E-state index is 13.5. The number of ether oxygens (including phenoxy) is 2. The number of aromatic nitrogens is 1. The van der Waals surface area contributed by atoms with Crippen LogP contribution in [0.5, 0.6) is 5.75 Å². The number of fused-ring (bicyclic) bond motifs is 1. The van der Waals surface area contributed by atoms with E-state index in [4.69, 9.17) is 21.1 Å². The van der Waals surface area contributed by atoms with E-state index in [2.05, 4.69) is 4.98 Å². The molecule has 1 N–H and O–H groups in total. The molecular formula is C22H23ClN2O5S. The third-order valence-electron chi connectivity index (χ3n) is 5.36. The Kier molecular flexibility index (Phi) is 6.34. The minimum atomic E-state index is -3.96. The van der Waals surface area contributed by atoms with Gasteiger partial charge in [-0.3, -0.25) is 4.79 Å². The molecular weight excluding hydrogens is 440 g/mol. The first kappa shape index (κ1) is 21.8. The molecule has 1 aromatic heterocycles. The average Bonchev–Trinajstić information content (AvgIpc) is 3.27. The minimum absolute atomic E-state index is 0.00792. The number of H-pyrrole nitrogens is 1. The number of hydrogen-bond acceptors (Lipinski definition) is 5. The highest BCUT2D eigenvalue weighted by molar-refractivity contribution is 7.89. The lowest BCUT2D eigenvalue weighted by Crippen LogP contribution is -2.38.